The Bertz CT molecular complexity index is 886. The molecule has 0 heterocycles. The number of hydrogen-bond acceptors (Lipinski definition) is 6. The summed E-state index contributed by atoms with van der Waals surface area (Å²) in [6.07, 6.45) is 3.55. The molecule has 0 saturated carbocycles. The fraction of sp³-hybridized carbons (Fsp3) is 0.471. The van der Waals surface area contributed by atoms with Gasteiger partial charge in [-0.1, -0.05) is 111 Å². The highest BCUT2D eigenvalue weighted by atomic mass is 16.6. The molecular weight excluding hydrogens is 504 g/mol. The summed E-state index contributed by atoms with van der Waals surface area (Å²) in [7, 11) is 0. The summed E-state index contributed by atoms with van der Waals surface area (Å²) in [5.41, 5.74) is 2.51. The van der Waals surface area contributed by atoms with Crippen LogP contribution in [-0.4, -0.2) is 72.7 Å². The zero-order chi connectivity index (χ0) is 28.0. The van der Waals surface area contributed by atoms with Crippen LogP contribution in [0.4, 0.5) is 0 Å². The predicted octanol–water partition coefficient (Wildman–Crippen LogP) is 6.27. The maximum Gasteiger partial charge on any atom is 0.143 e. The lowest BCUT2D eigenvalue weighted by atomic mass is 9.80. The monoisotopic (exact) mass is 550 g/mol. The Kier molecular flexibility index (Phi) is 16.2. The molecule has 0 aliphatic carbocycles. The van der Waals surface area contributed by atoms with E-state index >= 15 is 0 Å². The van der Waals surface area contributed by atoms with Gasteiger partial charge in [-0.05, 0) is 23.1 Å². The van der Waals surface area contributed by atoms with Crippen molar-refractivity contribution in [2.24, 2.45) is 0 Å². The zero-order valence-electron chi connectivity index (χ0n) is 24.0. The molecule has 0 spiro atoms. The molecule has 218 valence electrons. The van der Waals surface area contributed by atoms with Crippen molar-refractivity contribution < 1.29 is 28.4 Å². The first kappa shape index (κ1) is 31.9. The fourth-order valence-electron chi connectivity index (χ4n) is 4.46. The first-order valence-electron chi connectivity index (χ1n) is 14.6. The summed E-state index contributed by atoms with van der Waals surface area (Å²) in [6.45, 7) is 8.35. The van der Waals surface area contributed by atoms with Crippen molar-refractivity contribution >= 4 is 0 Å². The number of hydrogen-bond donors (Lipinski definition) is 0. The van der Waals surface area contributed by atoms with Gasteiger partial charge in [0.25, 0.3) is 0 Å². The van der Waals surface area contributed by atoms with Crippen LogP contribution >= 0.6 is 0 Å². The van der Waals surface area contributed by atoms with E-state index < -0.39 is 5.60 Å². The van der Waals surface area contributed by atoms with E-state index in [1.165, 1.54) is 12.8 Å². The maximum atomic E-state index is 6.71. The second kappa shape index (κ2) is 20.3. The van der Waals surface area contributed by atoms with Gasteiger partial charge in [-0.25, -0.2) is 0 Å². The standard InChI is InChI=1S/C34H46O6/c1-2-3-13-20-35-21-22-36-23-24-37-25-26-38-27-28-39-29-30-40-34(31-14-7-4-8-15-31,32-16-9-5-10-17-32)33-18-11-6-12-19-33/h4-12,14-19H,2-3,13,20-30H2,1H3. The summed E-state index contributed by atoms with van der Waals surface area (Å²) >= 11 is 0. The summed E-state index contributed by atoms with van der Waals surface area (Å²) in [6, 6.07) is 31.1. The van der Waals surface area contributed by atoms with Crippen LogP contribution in [0, 0.1) is 0 Å². The van der Waals surface area contributed by atoms with Crippen LogP contribution in [0.5, 0.6) is 0 Å². The molecule has 0 unspecified atom stereocenters. The van der Waals surface area contributed by atoms with Crippen molar-refractivity contribution in [3.05, 3.63) is 108 Å². The van der Waals surface area contributed by atoms with Crippen molar-refractivity contribution in [1.82, 2.24) is 0 Å². The molecule has 6 heteroatoms. The van der Waals surface area contributed by atoms with Gasteiger partial charge in [-0.2, -0.15) is 0 Å². The highest BCUT2D eigenvalue weighted by Crippen LogP contribution is 2.40. The first-order chi connectivity index (χ1) is 19.9. The summed E-state index contributed by atoms with van der Waals surface area (Å²) < 4.78 is 34.7. The summed E-state index contributed by atoms with van der Waals surface area (Å²) in [4.78, 5) is 0. The topological polar surface area (TPSA) is 55.4 Å². The molecular formula is C34H46O6. The molecule has 0 bridgehead atoms. The van der Waals surface area contributed by atoms with Crippen LogP contribution in [0.15, 0.2) is 91.0 Å². The number of unbranched alkanes of at least 4 members (excludes halogenated alkanes) is 2. The maximum absolute atomic E-state index is 6.71. The average molecular weight is 551 g/mol. The number of benzene rings is 3. The molecule has 6 nitrogen and oxygen atoms in total. The van der Waals surface area contributed by atoms with Gasteiger partial charge in [0.2, 0.25) is 0 Å². The van der Waals surface area contributed by atoms with Gasteiger partial charge < -0.3 is 28.4 Å². The van der Waals surface area contributed by atoms with Gasteiger partial charge in [0.15, 0.2) is 0 Å². The third-order valence-corrected chi connectivity index (χ3v) is 6.47. The van der Waals surface area contributed by atoms with Crippen LogP contribution < -0.4 is 0 Å². The summed E-state index contributed by atoms with van der Waals surface area (Å²) in [5.74, 6) is 0. The summed E-state index contributed by atoms with van der Waals surface area (Å²) in [5, 5.41) is 0. The molecule has 3 aromatic rings. The Labute approximate surface area is 240 Å². The largest absolute Gasteiger partial charge is 0.379 e. The van der Waals surface area contributed by atoms with E-state index in [-0.39, 0.29) is 0 Å². The van der Waals surface area contributed by atoms with E-state index in [2.05, 4.69) is 79.7 Å². The van der Waals surface area contributed by atoms with E-state index in [1.807, 2.05) is 18.2 Å². The molecule has 3 rings (SSSR count). The van der Waals surface area contributed by atoms with Gasteiger partial charge in [-0.3, -0.25) is 0 Å². The first-order valence-corrected chi connectivity index (χ1v) is 14.6. The Morgan fingerprint density at radius 2 is 0.725 bits per heavy atom. The minimum atomic E-state index is -0.730. The molecule has 0 radical (unpaired) electrons. The minimum absolute atomic E-state index is 0.436. The molecule has 0 amide bonds. The van der Waals surface area contributed by atoms with Crippen molar-refractivity contribution in [1.29, 1.82) is 0 Å². The molecule has 0 saturated heterocycles. The van der Waals surface area contributed by atoms with Crippen molar-refractivity contribution in [3.63, 3.8) is 0 Å². The van der Waals surface area contributed by atoms with Crippen molar-refractivity contribution in [2.75, 3.05) is 72.7 Å². The van der Waals surface area contributed by atoms with Crippen molar-refractivity contribution in [2.45, 2.75) is 31.8 Å². The molecule has 0 fully saturated rings. The highest BCUT2D eigenvalue weighted by molar-refractivity contribution is 5.47. The molecule has 3 aromatic carbocycles. The molecule has 0 aromatic heterocycles. The lowest BCUT2D eigenvalue weighted by Crippen LogP contribution is -2.34. The quantitative estimate of drug-likeness (QED) is 0.103. The molecule has 40 heavy (non-hydrogen) atoms. The van der Waals surface area contributed by atoms with Crippen LogP contribution in [0.3, 0.4) is 0 Å². The predicted molar refractivity (Wildman–Crippen MR) is 159 cm³/mol. The van der Waals surface area contributed by atoms with E-state index in [1.54, 1.807) is 0 Å². The normalized spacial score (nSPS) is 11.6. The zero-order valence-corrected chi connectivity index (χ0v) is 24.0. The molecule has 0 aliphatic heterocycles. The SMILES string of the molecule is CCCCCOCCOCCOCCOCCOCCOC(c1ccccc1)(c1ccccc1)c1ccccc1. The van der Waals surface area contributed by atoms with Crippen LogP contribution in [-0.2, 0) is 34.0 Å². The van der Waals surface area contributed by atoms with Crippen LogP contribution in [0.2, 0.25) is 0 Å². The molecule has 0 N–H and O–H groups in total. The average Bonchev–Trinajstić information content (AvgIpc) is 3.01. The second-order valence-electron chi connectivity index (χ2n) is 9.40. The highest BCUT2D eigenvalue weighted by Gasteiger charge is 2.37. The van der Waals surface area contributed by atoms with E-state index in [0.717, 1.165) is 29.7 Å². The Morgan fingerprint density at radius 1 is 0.400 bits per heavy atom. The number of rotatable bonds is 23. The second-order valence-corrected chi connectivity index (χ2v) is 9.40. The molecule has 0 aliphatic rings. The Morgan fingerprint density at radius 3 is 1.07 bits per heavy atom. The van der Waals surface area contributed by atoms with Gasteiger partial charge in [0, 0.05) is 6.61 Å². The Balaban J connectivity index is 1.31. The van der Waals surface area contributed by atoms with Crippen LogP contribution in [0.1, 0.15) is 42.9 Å². The van der Waals surface area contributed by atoms with E-state index in [9.17, 15) is 0 Å². The fourth-order valence-corrected chi connectivity index (χ4v) is 4.46. The third kappa shape index (κ3) is 11.1. The smallest absolute Gasteiger partial charge is 0.143 e. The minimum Gasteiger partial charge on any atom is -0.379 e. The molecule has 0 atom stereocenters. The Hall–Kier alpha value is -2.58. The van der Waals surface area contributed by atoms with Gasteiger partial charge in [0.1, 0.15) is 5.60 Å². The van der Waals surface area contributed by atoms with E-state index in [0.29, 0.717) is 66.1 Å². The van der Waals surface area contributed by atoms with Gasteiger partial charge in [-0.15, -0.1) is 0 Å². The third-order valence-electron chi connectivity index (χ3n) is 6.47. The van der Waals surface area contributed by atoms with Crippen molar-refractivity contribution in [3.8, 4) is 0 Å². The van der Waals surface area contributed by atoms with Gasteiger partial charge >= 0.3 is 0 Å². The lowest BCUT2D eigenvalue weighted by molar-refractivity contribution is -0.0391. The lowest BCUT2D eigenvalue weighted by Gasteiger charge is -2.36. The van der Waals surface area contributed by atoms with E-state index in [4.69, 9.17) is 28.4 Å². The number of ether oxygens (including phenoxy) is 6. The van der Waals surface area contributed by atoms with Gasteiger partial charge in [0.05, 0.1) is 66.1 Å². The van der Waals surface area contributed by atoms with Crippen LogP contribution in [0.25, 0.3) is 0 Å².